The average Bonchev–Trinajstić information content (AvgIpc) is 2.13. The molecule has 0 atom stereocenters. The van der Waals surface area contributed by atoms with Gasteiger partial charge in [-0.25, -0.2) is 0 Å². The van der Waals surface area contributed by atoms with E-state index in [9.17, 15) is 0 Å². The molecule has 0 radical (unpaired) electrons. The molecule has 3 N–H and O–H groups in total. The van der Waals surface area contributed by atoms with Crippen molar-refractivity contribution < 1.29 is 0 Å². The minimum absolute atomic E-state index is 0.840. The molecule has 2 heteroatoms. The second kappa shape index (κ2) is 5.47. The van der Waals surface area contributed by atoms with Crippen LogP contribution in [0.15, 0.2) is 18.2 Å². The van der Waals surface area contributed by atoms with Gasteiger partial charge in [0.1, 0.15) is 0 Å². The third-order valence-corrected chi connectivity index (χ3v) is 1.57. The van der Waals surface area contributed by atoms with Crippen LogP contribution in [0.4, 0.5) is 11.4 Å². The number of nitrogens with one attached hydrogen (secondary N) is 1. The number of hydrogen-bond acceptors (Lipinski definition) is 2. The minimum Gasteiger partial charge on any atom is -0.398 e. The molecule has 1 aromatic carbocycles. The summed E-state index contributed by atoms with van der Waals surface area (Å²) >= 11 is 0. The maximum atomic E-state index is 5.66. The van der Waals surface area contributed by atoms with Crippen LogP contribution < -0.4 is 11.1 Å². The van der Waals surface area contributed by atoms with E-state index < -0.39 is 0 Å². The van der Waals surface area contributed by atoms with E-state index in [1.807, 2.05) is 46.0 Å². The standard InChI is InChI=1S/C8H12N2.C2H6/c1-6-3-4-7(10-2)5-8(6)9;1-2/h3-5,10H,9H2,1-2H3;1-2H3. The van der Waals surface area contributed by atoms with Crippen LogP contribution in [0.1, 0.15) is 19.4 Å². The smallest absolute Gasteiger partial charge is 0.0364 e. The van der Waals surface area contributed by atoms with E-state index in [0.29, 0.717) is 0 Å². The van der Waals surface area contributed by atoms with Crippen molar-refractivity contribution in [1.82, 2.24) is 0 Å². The lowest BCUT2D eigenvalue weighted by Gasteiger charge is -2.02. The zero-order valence-electron chi connectivity index (χ0n) is 8.31. The van der Waals surface area contributed by atoms with Crippen molar-refractivity contribution in [3.8, 4) is 0 Å². The molecular weight excluding hydrogens is 148 g/mol. The van der Waals surface area contributed by atoms with Crippen LogP contribution in [-0.4, -0.2) is 7.05 Å². The summed E-state index contributed by atoms with van der Waals surface area (Å²) in [5, 5.41) is 3.01. The maximum Gasteiger partial charge on any atom is 0.0364 e. The fourth-order valence-corrected chi connectivity index (χ4v) is 0.796. The Balaban J connectivity index is 0.000000561. The molecule has 0 heterocycles. The molecule has 68 valence electrons. The summed E-state index contributed by atoms with van der Waals surface area (Å²) in [7, 11) is 1.88. The van der Waals surface area contributed by atoms with E-state index in [4.69, 9.17) is 5.73 Å². The molecule has 0 aliphatic heterocycles. The van der Waals surface area contributed by atoms with Gasteiger partial charge in [-0.1, -0.05) is 19.9 Å². The first kappa shape index (κ1) is 10.8. The summed E-state index contributed by atoms with van der Waals surface area (Å²) in [6, 6.07) is 5.93. The number of rotatable bonds is 1. The molecule has 12 heavy (non-hydrogen) atoms. The largest absolute Gasteiger partial charge is 0.398 e. The van der Waals surface area contributed by atoms with Crippen molar-refractivity contribution in [2.75, 3.05) is 18.1 Å². The number of nitrogen functional groups attached to an aromatic ring is 1. The van der Waals surface area contributed by atoms with Gasteiger partial charge in [0.25, 0.3) is 0 Å². The summed E-state index contributed by atoms with van der Waals surface area (Å²) in [5.74, 6) is 0. The molecule has 0 spiro atoms. The summed E-state index contributed by atoms with van der Waals surface area (Å²) < 4.78 is 0. The van der Waals surface area contributed by atoms with Crippen LogP contribution in [0.25, 0.3) is 0 Å². The molecule has 1 aromatic rings. The number of hydrogen-bond donors (Lipinski definition) is 2. The van der Waals surface area contributed by atoms with Crippen LogP contribution in [0.5, 0.6) is 0 Å². The zero-order chi connectivity index (χ0) is 9.56. The van der Waals surface area contributed by atoms with Gasteiger partial charge < -0.3 is 11.1 Å². The lowest BCUT2D eigenvalue weighted by atomic mass is 10.2. The second-order valence-electron chi connectivity index (χ2n) is 2.32. The predicted octanol–water partition coefficient (Wildman–Crippen LogP) is 2.65. The lowest BCUT2D eigenvalue weighted by molar-refractivity contribution is 1.44. The van der Waals surface area contributed by atoms with Gasteiger partial charge in [0.15, 0.2) is 0 Å². The van der Waals surface area contributed by atoms with Crippen LogP contribution in [0.3, 0.4) is 0 Å². The zero-order valence-corrected chi connectivity index (χ0v) is 8.31. The highest BCUT2D eigenvalue weighted by Crippen LogP contribution is 2.15. The Kier molecular flexibility index (Phi) is 4.93. The first-order chi connectivity index (χ1) is 5.74. The maximum absolute atomic E-state index is 5.66. The normalized spacial score (nSPS) is 8.33. The van der Waals surface area contributed by atoms with Gasteiger partial charge in [0.2, 0.25) is 0 Å². The molecule has 0 aliphatic carbocycles. The summed E-state index contributed by atoms with van der Waals surface area (Å²) in [5.41, 5.74) is 8.68. The minimum atomic E-state index is 0.840. The molecule has 0 saturated heterocycles. The highest BCUT2D eigenvalue weighted by molar-refractivity contribution is 5.57. The van der Waals surface area contributed by atoms with Gasteiger partial charge in [0, 0.05) is 18.4 Å². The molecule has 0 bridgehead atoms. The van der Waals surface area contributed by atoms with E-state index in [0.717, 1.165) is 16.9 Å². The number of nitrogens with two attached hydrogens (primary N) is 1. The molecule has 0 fully saturated rings. The van der Waals surface area contributed by atoms with Gasteiger partial charge in [-0.05, 0) is 24.6 Å². The predicted molar refractivity (Wildman–Crippen MR) is 56.5 cm³/mol. The Bertz CT molecular complexity index is 231. The lowest BCUT2D eigenvalue weighted by Crippen LogP contribution is -1.92. The van der Waals surface area contributed by atoms with Crippen molar-refractivity contribution in [2.24, 2.45) is 0 Å². The van der Waals surface area contributed by atoms with Crippen molar-refractivity contribution in [1.29, 1.82) is 0 Å². The van der Waals surface area contributed by atoms with Gasteiger partial charge in [-0.2, -0.15) is 0 Å². The molecule has 0 saturated carbocycles. The molecule has 0 aliphatic rings. The fourth-order valence-electron chi connectivity index (χ4n) is 0.796. The van der Waals surface area contributed by atoms with Crippen LogP contribution in [-0.2, 0) is 0 Å². The van der Waals surface area contributed by atoms with Gasteiger partial charge in [-0.15, -0.1) is 0 Å². The fraction of sp³-hybridized carbons (Fsp3) is 0.400. The van der Waals surface area contributed by atoms with E-state index in [1.165, 1.54) is 0 Å². The third-order valence-electron chi connectivity index (χ3n) is 1.57. The Hall–Kier alpha value is -1.18. The average molecular weight is 166 g/mol. The Morgan fingerprint density at radius 1 is 1.25 bits per heavy atom. The monoisotopic (exact) mass is 166 g/mol. The Morgan fingerprint density at radius 3 is 2.25 bits per heavy atom. The number of aryl methyl sites for hydroxylation is 1. The van der Waals surface area contributed by atoms with Gasteiger partial charge >= 0.3 is 0 Å². The number of anilines is 2. The van der Waals surface area contributed by atoms with Crippen molar-refractivity contribution in [3.05, 3.63) is 23.8 Å². The molecule has 1 rings (SSSR count). The molecule has 0 unspecified atom stereocenters. The summed E-state index contributed by atoms with van der Waals surface area (Å²) in [4.78, 5) is 0. The van der Waals surface area contributed by atoms with E-state index >= 15 is 0 Å². The molecular formula is C10H18N2. The topological polar surface area (TPSA) is 38.0 Å². The van der Waals surface area contributed by atoms with E-state index in [1.54, 1.807) is 0 Å². The quantitative estimate of drug-likeness (QED) is 0.629. The van der Waals surface area contributed by atoms with Crippen LogP contribution in [0, 0.1) is 6.92 Å². The molecule has 0 amide bonds. The number of benzene rings is 1. The SMILES string of the molecule is CC.CNc1ccc(C)c(N)c1. The highest BCUT2D eigenvalue weighted by Gasteiger charge is 1.92. The second-order valence-corrected chi connectivity index (χ2v) is 2.32. The first-order valence-corrected chi connectivity index (χ1v) is 4.28. The van der Waals surface area contributed by atoms with E-state index in [2.05, 4.69) is 5.32 Å². The van der Waals surface area contributed by atoms with Crippen molar-refractivity contribution >= 4 is 11.4 Å². The van der Waals surface area contributed by atoms with Crippen LogP contribution in [0.2, 0.25) is 0 Å². The molecule has 0 aromatic heterocycles. The van der Waals surface area contributed by atoms with Gasteiger partial charge in [-0.3, -0.25) is 0 Å². The summed E-state index contributed by atoms with van der Waals surface area (Å²) in [6.07, 6.45) is 0. The van der Waals surface area contributed by atoms with Crippen LogP contribution >= 0.6 is 0 Å². The molecule has 2 nitrogen and oxygen atoms in total. The third kappa shape index (κ3) is 2.82. The first-order valence-electron chi connectivity index (χ1n) is 4.28. The van der Waals surface area contributed by atoms with Gasteiger partial charge in [0.05, 0.1) is 0 Å². The van der Waals surface area contributed by atoms with Crippen molar-refractivity contribution in [2.45, 2.75) is 20.8 Å². The summed E-state index contributed by atoms with van der Waals surface area (Å²) in [6.45, 7) is 5.99. The van der Waals surface area contributed by atoms with Crippen molar-refractivity contribution in [3.63, 3.8) is 0 Å². The van der Waals surface area contributed by atoms with E-state index in [-0.39, 0.29) is 0 Å². The highest BCUT2D eigenvalue weighted by atomic mass is 14.8. The Labute approximate surface area is 74.8 Å². The Morgan fingerprint density at radius 2 is 1.83 bits per heavy atom.